The number of hydrazone groups is 2. The van der Waals surface area contributed by atoms with Crippen molar-refractivity contribution in [3.05, 3.63) is 106 Å². The third kappa shape index (κ3) is 6.77. The van der Waals surface area contributed by atoms with Crippen LogP contribution in [0.2, 0.25) is 10.0 Å². The van der Waals surface area contributed by atoms with E-state index in [1.807, 2.05) is 30.3 Å². The second-order valence-electron chi connectivity index (χ2n) is 6.72. The molecule has 1 amide bonds. The average molecular weight is 466 g/mol. The van der Waals surface area contributed by atoms with E-state index >= 15 is 0 Å². The molecule has 0 aliphatic heterocycles. The summed E-state index contributed by atoms with van der Waals surface area (Å²) in [6.07, 6.45) is 3.30. The highest BCUT2D eigenvalue weighted by atomic mass is 35.5. The first-order valence-electron chi connectivity index (χ1n) is 9.67. The summed E-state index contributed by atoms with van der Waals surface area (Å²) in [6.45, 7) is 0. The predicted octanol–water partition coefficient (Wildman–Crippen LogP) is 5.42. The molecule has 0 heterocycles. The summed E-state index contributed by atoms with van der Waals surface area (Å²) in [5, 5.41) is 13.1. The summed E-state index contributed by atoms with van der Waals surface area (Å²) >= 11 is 11.9. The van der Waals surface area contributed by atoms with Crippen LogP contribution in [0.3, 0.4) is 0 Å². The zero-order valence-electron chi connectivity index (χ0n) is 17.6. The predicted molar refractivity (Wildman–Crippen MR) is 132 cm³/mol. The summed E-state index contributed by atoms with van der Waals surface area (Å²) in [6, 6.07) is 23.3. The van der Waals surface area contributed by atoms with Gasteiger partial charge >= 0.3 is 0 Å². The van der Waals surface area contributed by atoms with Crippen molar-refractivity contribution in [1.29, 1.82) is 0 Å². The standard InChI is InChI=1S/C24H21Cl2N5O/c1-30(27-16-18-8-12-21(25)13-9-18)24(29-23(32)20-6-4-3-5-7-20)31(2)28-17-19-10-14-22(26)15-11-19/h3-17H,1-2H3. The summed E-state index contributed by atoms with van der Waals surface area (Å²) in [4.78, 5) is 17.0. The van der Waals surface area contributed by atoms with Gasteiger partial charge in [-0.05, 0) is 47.5 Å². The smallest absolute Gasteiger partial charge is 0.267 e. The van der Waals surface area contributed by atoms with Gasteiger partial charge in [-0.1, -0.05) is 65.7 Å². The number of rotatable bonds is 5. The third-order valence-electron chi connectivity index (χ3n) is 4.30. The number of amides is 1. The van der Waals surface area contributed by atoms with Crippen LogP contribution in [0.1, 0.15) is 21.5 Å². The number of hydrogen-bond donors (Lipinski definition) is 0. The van der Waals surface area contributed by atoms with Crippen LogP contribution in [0, 0.1) is 0 Å². The lowest BCUT2D eigenvalue weighted by molar-refractivity contribution is 0.0999. The largest absolute Gasteiger partial charge is 0.280 e. The van der Waals surface area contributed by atoms with Crippen molar-refractivity contribution in [2.45, 2.75) is 0 Å². The molecule has 3 rings (SSSR count). The number of nitrogens with zero attached hydrogens (tertiary/aromatic N) is 5. The minimum absolute atomic E-state index is 0.245. The fraction of sp³-hybridized carbons (Fsp3) is 0.0833. The maximum Gasteiger partial charge on any atom is 0.280 e. The number of guanidine groups is 1. The van der Waals surface area contributed by atoms with Gasteiger partial charge in [-0.3, -0.25) is 4.79 Å². The van der Waals surface area contributed by atoms with Gasteiger partial charge < -0.3 is 0 Å². The van der Waals surface area contributed by atoms with Crippen LogP contribution in [0.4, 0.5) is 0 Å². The highest BCUT2D eigenvalue weighted by Gasteiger charge is 2.14. The van der Waals surface area contributed by atoms with E-state index in [-0.39, 0.29) is 5.96 Å². The normalized spacial score (nSPS) is 11.0. The van der Waals surface area contributed by atoms with Crippen molar-refractivity contribution < 1.29 is 4.79 Å². The second kappa shape index (κ2) is 11.2. The molecule has 0 aliphatic rings. The number of carbonyl (C=O) groups is 1. The van der Waals surface area contributed by atoms with Crippen molar-refractivity contribution in [3.8, 4) is 0 Å². The Hall–Kier alpha value is -3.48. The highest BCUT2D eigenvalue weighted by Crippen LogP contribution is 2.10. The topological polar surface area (TPSA) is 60.6 Å². The molecular weight excluding hydrogens is 445 g/mol. The third-order valence-corrected chi connectivity index (χ3v) is 4.81. The van der Waals surface area contributed by atoms with Gasteiger partial charge in [-0.25, -0.2) is 10.0 Å². The zero-order chi connectivity index (χ0) is 22.9. The van der Waals surface area contributed by atoms with Crippen LogP contribution >= 0.6 is 23.2 Å². The Morgan fingerprint density at radius 2 is 1.16 bits per heavy atom. The number of halogens is 2. The first-order chi connectivity index (χ1) is 15.4. The van der Waals surface area contributed by atoms with E-state index < -0.39 is 5.91 Å². The number of aliphatic imine (C=N–C) groups is 1. The van der Waals surface area contributed by atoms with Crippen LogP contribution in [-0.4, -0.2) is 48.4 Å². The molecule has 3 aromatic rings. The average Bonchev–Trinajstić information content (AvgIpc) is 2.82. The lowest BCUT2D eigenvalue weighted by Crippen LogP contribution is -2.35. The molecule has 0 N–H and O–H groups in total. The molecule has 32 heavy (non-hydrogen) atoms. The van der Waals surface area contributed by atoms with Crippen LogP contribution < -0.4 is 0 Å². The Kier molecular flexibility index (Phi) is 8.14. The van der Waals surface area contributed by atoms with Gasteiger partial charge in [0.2, 0.25) is 5.96 Å². The van der Waals surface area contributed by atoms with E-state index in [0.29, 0.717) is 15.6 Å². The molecule has 0 unspecified atom stereocenters. The number of hydrogen-bond acceptors (Lipinski definition) is 3. The molecule has 0 saturated heterocycles. The van der Waals surface area contributed by atoms with E-state index in [1.54, 1.807) is 75.1 Å². The molecule has 0 aromatic heterocycles. The van der Waals surface area contributed by atoms with Crippen molar-refractivity contribution >= 4 is 47.5 Å². The van der Waals surface area contributed by atoms with Crippen molar-refractivity contribution in [2.24, 2.45) is 15.2 Å². The molecule has 6 nitrogen and oxygen atoms in total. The van der Waals surface area contributed by atoms with E-state index in [2.05, 4.69) is 15.2 Å². The lowest BCUT2D eigenvalue weighted by atomic mass is 10.2. The quantitative estimate of drug-likeness (QED) is 0.287. The Labute approximate surface area is 197 Å². The Bertz CT molecular complexity index is 1060. The molecule has 0 atom stereocenters. The number of benzene rings is 3. The molecular formula is C24H21Cl2N5O. The van der Waals surface area contributed by atoms with Gasteiger partial charge in [0.05, 0.1) is 12.4 Å². The van der Waals surface area contributed by atoms with E-state index in [4.69, 9.17) is 23.2 Å². The summed E-state index contributed by atoms with van der Waals surface area (Å²) < 4.78 is 0. The van der Waals surface area contributed by atoms with Crippen LogP contribution in [0.25, 0.3) is 0 Å². The number of carbonyl (C=O) groups excluding carboxylic acids is 1. The molecule has 8 heteroatoms. The van der Waals surface area contributed by atoms with Crippen molar-refractivity contribution in [2.75, 3.05) is 14.1 Å². The van der Waals surface area contributed by atoms with Gasteiger partial charge in [0.15, 0.2) is 0 Å². The van der Waals surface area contributed by atoms with Gasteiger partial charge in [-0.2, -0.15) is 15.2 Å². The maximum absolute atomic E-state index is 12.7. The van der Waals surface area contributed by atoms with E-state index in [1.165, 1.54) is 10.0 Å². The maximum atomic E-state index is 12.7. The first kappa shape index (κ1) is 23.2. The van der Waals surface area contributed by atoms with Gasteiger partial charge in [0, 0.05) is 29.7 Å². The van der Waals surface area contributed by atoms with Gasteiger partial charge in [0.25, 0.3) is 5.91 Å². The zero-order valence-corrected chi connectivity index (χ0v) is 19.1. The molecule has 0 radical (unpaired) electrons. The summed E-state index contributed by atoms with van der Waals surface area (Å²) in [5.41, 5.74) is 2.17. The van der Waals surface area contributed by atoms with Crippen molar-refractivity contribution in [1.82, 2.24) is 10.0 Å². The Morgan fingerprint density at radius 3 is 1.59 bits per heavy atom. The lowest BCUT2D eigenvalue weighted by Gasteiger charge is -2.21. The Morgan fingerprint density at radius 1 is 0.719 bits per heavy atom. The Balaban J connectivity index is 1.87. The van der Waals surface area contributed by atoms with Crippen LogP contribution in [-0.2, 0) is 0 Å². The van der Waals surface area contributed by atoms with Gasteiger partial charge in [0.1, 0.15) is 0 Å². The van der Waals surface area contributed by atoms with Gasteiger partial charge in [-0.15, -0.1) is 0 Å². The van der Waals surface area contributed by atoms with Crippen molar-refractivity contribution in [3.63, 3.8) is 0 Å². The van der Waals surface area contributed by atoms with E-state index in [9.17, 15) is 4.79 Å². The van der Waals surface area contributed by atoms with Crippen LogP contribution in [0.5, 0.6) is 0 Å². The van der Waals surface area contributed by atoms with E-state index in [0.717, 1.165) is 11.1 Å². The minimum Gasteiger partial charge on any atom is -0.267 e. The molecule has 0 aliphatic carbocycles. The SMILES string of the molecule is CN(N=Cc1ccc(Cl)cc1)C(=NC(=O)c1ccccc1)N(C)N=Cc1ccc(Cl)cc1. The van der Waals surface area contributed by atoms with Crippen LogP contribution in [0.15, 0.2) is 94.1 Å². The molecule has 162 valence electrons. The molecule has 0 bridgehead atoms. The summed E-state index contributed by atoms with van der Waals surface area (Å²) in [7, 11) is 3.38. The molecule has 3 aromatic carbocycles. The summed E-state index contributed by atoms with van der Waals surface area (Å²) in [5.74, 6) is -0.156. The second-order valence-corrected chi connectivity index (χ2v) is 7.60. The fourth-order valence-electron chi connectivity index (χ4n) is 2.60. The monoisotopic (exact) mass is 465 g/mol. The fourth-order valence-corrected chi connectivity index (χ4v) is 2.85. The molecule has 0 saturated carbocycles. The molecule has 0 spiro atoms. The first-order valence-corrected chi connectivity index (χ1v) is 10.4. The minimum atomic E-state index is -0.400. The highest BCUT2D eigenvalue weighted by molar-refractivity contribution is 6.30. The molecule has 0 fully saturated rings.